The third kappa shape index (κ3) is 3.28. The first-order chi connectivity index (χ1) is 8.66. The average molecular weight is 253 g/mol. The second-order valence-corrected chi connectivity index (χ2v) is 4.76. The Morgan fingerprint density at radius 2 is 2.00 bits per heavy atom. The number of benzene rings is 1. The van der Waals surface area contributed by atoms with Crippen LogP contribution in [0, 0.1) is 17.6 Å². The molecule has 2 rings (SSSR count). The predicted molar refractivity (Wildman–Crippen MR) is 65.0 cm³/mol. The molecule has 4 heteroatoms. The molecule has 1 fully saturated rings. The van der Waals surface area contributed by atoms with Gasteiger partial charge in [-0.3, -0.25) is 4.79 Å². The largest absolute Gasteiger partial charge is 0.356 e. The number of carbonyl (C=O) groups is 1. The lowest BCUT2D eigenvalue weighted by Gasteiger charge is -2.10. The summed E-state index contributed by atoms with van der Waals surface area (Å²) in [5.41, 5.74) is 0.307. The normalized spacial score (nSPS) is 15.9. The second-order valence-electron chi connectivity index (χ2n) is 4.76. The highest BCUT2D eigenvalue weighted by Crippen LogP contribution is 2.24. The van der Waals surface area contributed by atoms with Gasteiger partial charge in [-0.2, -0.15) is 0 Å². The Labute approximate surface area is 105 Å². The molecule has 98 valence electrons. The Bertz CT molecular complexity index is 428. The monoisotopic (exact) mass is 253 g/mol. The molecule has 0 unspecified atom stereocenters. The molecule has 0 spiro atoms. The molecule has 0 saturated heterocycles. The molecule has 2 nitrogen and oxygen atoms in total. The number of halogens is 2. The van der Waals surface area contributed by atoms with E-state index in [0.29, 0.717) is 18.5 Å². The summed E-state index contributed by atoms with van der Waals surface area (Å²) >= 11 is 0. The Morgan fingerprint density at radius 3 is 2.72 bits per heavy atom. The lowest BCUT2D eigenvalue weighted by Crippen LogP contribution is -2.31. The lowest BCUT2D eigenvalue weighted by molar-refractivity contribution is -0.124. The minimum Gasteiger partial charge on any atom is -0.356 e. The van der Waals surface area contributed by atoms with Crippen LogP contribution in [0.2, 0.25) is 0 Å². The van der Waals surface area contributed by atoms with Crippen molar-refractivity contribution in [2.24, 2.45) is 5.92 Å². The van der Waals surface area contributed by atoms with E-state index in [1.807, 2.05) is 0 Å². The summed E-state index contributed by atoms with van der Waals surface area (Å²) in [7, 11) is 0. The van der Waals surface area contributed by atoms with E-state index in [1.54, 1.807) is 0 Å². The molecule has 1 aromatic rings. The summed E-state index contributed by atoms with van der Waals surface area (Å²) in [4.78, 5) is 11.7. The van der Waals surface area contributed by atoms with Gasteiger partial charge in [-0.15, -0.1) is 0 Å². The minimum atomic E-state index is -0.450. The molecule has 0 aliphatic heterocycles. The zero-order valence-electron chi connectivity index (χ0n) is 10.2. The first-order valence-corrected chi connectivity index (χ1v) is 6.38. The molecule has 0 radical (unpaired) electrons. The van der Waals surface area contributed by atoms with E-state index in [1.165, 1.54) is 6.07 Å². The Hall–Kier alpha value is -1.45. The van der Waals surface area contributed by atoms with Crippen molar-refractivity contribution >= 4 is 5.91 Å². The fraction of sp³-hybridized carbons (Fsp3) is 0.500. The van der Waals surface area contributed by atoms with Gasteiger partial charge in [-0.1, -0.05) is 12.8 Å². The smallest absolute Gasteiger partial charge is 0.223 e. The molecule has 1 aliphatic rings. The van der Waals surface area contributed by atoms with E-state index in [9.17, 15) is 13.6 Å². The van der Waals surface area contributed by atoms with Crippen molar-refractivity contribution < 1.29 is 13.6 Å². The Balaban J connectivity index is 1.81. The fourth-order valence-electron chi connectivity index (χ4n) is 2.39. The molecule has 1 aliphatic carbocycles. The van der Waals surface area contributed by atoms with Gasteiger partial charge >= 0.3 is 0 Å². The quantitative estimate of drug-likeness (QED) is 0.878. The molecular formula is C14H17F2NO. The minimum absolute atomic E-state index is 0.0457. The van der Waals surface area contributed by atoms with Crippen molar-refractivity contribution in [1.82, 2.24) is 5.32 Å². The van der Waals surface area contributed by atoms with Crippen molar-refractivity contribution in [1.29, 1.82) is 0 Å². The van der Waals surface area contributed by atoms with Crippen LogP contribution in [-0.2, 0) is 11.2 Å². The van der Waals surface area contributed by atoms with Crippen LogP contribution in [-0.4, -0.2) is 12.5 Å². The van der Waals surface area contributed by atoms with E-state index in [4.69, 9.17) is 0 Å². The van der Waals surface area contributed by atoms with Crippen LogP contribution in [0.4, 0.5) is 8.78 Å². The number of carbonyl (C=O) groups excluding carboxylic acids is 1. The van der Waals surface area contributed by atoms with Crippen LogP contribution in [0.1, 0.15) is 31.2 Å². The molecule has 0 aromatic heterocycles. The molecule has 1 N–H and O–H groups in total. The number of hydrogen-bond acceptors (Lipinski definition) is 1. The van der Waals surface area contributed by atoms with E-state index in [2.05, 4.69) is 5.32 Å². The third-order valence-corrected chi connectivity index (χ3v) is 3.43. The van der Waals surface area contributed by atoms with E-state index < -0.39 is 11.6 Å². The van der Waals surface area contributed by atoms with Gasteiger partial charge in [0.2, 0.25) is 5.91 Å². The van der Waals surface area contributed by atoms with E-state index in [0.717, 1.165) is 37.8 Å². The maximum atomic E-state index is 13.3. The molecule has 0 heterocycles. The standard InChI is InChI=1S/C14H17F2NO/c15-12-5-6-13(16)11(9-12)7-8-17-14(18)10-3-1-2-4-10/h5-6,9-10H,1-4,7-8H2,(H,17,18). The number of rotatable bonds is 4. The lowest BCUT2D eigenvalue weighted by atomic mass is 10.1. The van der Waals surface area contributed by atoms with Gasteiger partial charge in [0, 0.05) is 12.5 Å². The van der Waals surface area contributed by atoms with E-state index >= 15 is 0 Å². The summed E-state index contributed by atoms with van der Waals surface area (Å²) in [6, 6.07) is 3.39. The summed E-state index contributed by atoms with van der Waals surface area (Å²) in [5.74, 6) is -0.716. The first-order valence-electron chi connectivity index (χ1n) is 6.38. The van der Waals surface area contributed by atoms with Crippen LogP contribution >= 0.6 is 0 Å². The van der Waals surface area contributed by atoms with Gasteiger partial charge < -0.3 is 5.32 Å². The van der Waals surface area contributed by atoms with Crippen LogP contribution in [0.5, 0.6) is 0 Å². The predicted octanol–water partition coefficient (Wildman–Crippen LogP) is 2.81. The van der Waals surface area contributed by atoms with Crippen molar-refractivity contribution in [3.63, 3.8) is 0 Å². The summed E-state index contributed by atoms with van der Waals surface area (Å²) in [5, 5.41) is 2.79. The first kappa shape index (κ1) is 13.0. The van der Waals surface area contributed by atoms with Gasteiger partial charge in [-0.25, -0.2) is 8.78 Å². The van der Waals surface area contributed by atoms with Gasteiger partial charge in [0.15, 0.2) is 0 Å². The topological polar surface area (TPSA) is 29.1 Å². The number of nitrogens with one attached hydrogen (secondary N) is 1. The molecule has 1 amide bonds. The zero-order chi connectivity index (χ0) is 13.0. The highest BCUT2D eigenvalue weighted by Gasteiger charge is 2.21. The molecule has 0 bridgehead atoms. The van der Waals surface area contributed by atoms with Crippen molar-refractivity contribution in [2.45, 2.75) is 32.1 Å². The van der Waals surface area contributed by atoms with Crippen molar-refractivity contribution in [3.05, 3.63) is 35.4 Å². The molecular weight excluding hydrogens is 236 g/mol. The molecule has 0 atom stereocenters. The summed E-state index contributed by atoms with van der Waals surface area (Å²) in [6.07, 6.45) is 4.43. The second kappa shape index (κ2) is 5.94. The van der Waals surface area contributed by atoms with Crippen LogP contribution in [0.15, 0.2) is 18.2 Å². The molecule has 18 heavy (non-hydrogen) atoms. The average Bonchev–Trinajstić information content (AvgIpc) is 2.87. The fourth-order valence-corrected chi connectivity index (χ4v) is 2.39. The van der Waals surface area contributed by atoms with Crippen LogP contribution in [0.3, 0.4) is 0 Å². The maximum absolute atomic E-state index is 13.3. The highest BCUT2D eigenvalue weighted by atomic mass is 19.1. The summed E-state index contributed by atoms with van der Waals surface area (Å²) in [6.45, 7) is 0.357. The number of amides is 1. The Morgan fingerprint density at radius 1 is 1.28 bits per heavy atom. The van der Waals surface area contributed by atoms with Gasteiger partial charge in [0.25, 0.3) is 0 Å². The zero-order valence-corrected chi connectivity index (χ0v) is 10.2. The van der Waals surface area contributed by atoms with Gasteiger partial charge in [0.05, 0.1) is 0 Å². The van der Waals surface area contributed by atoms with Crippen molar-refractivity contribution in [3.8, 4) is 0 Å². The highest BCUT2D eigenvalue weighted by molar-refractivity contribution is 5.78. The van der Waals surface area contributed by atoms with Crippen molar-refractivity contribution in [2.75, 3.05) is 6.54 Å². The van der Waals surface area contributed by atoms with E-state index in [-0.39, 0.29) is 11.8 Å². The summed E-state index contributed by atoms with van der Waals surface area (Å²) < 4.78 is 26.2. The third-order valence-electron chi connectivity index (χ3n) is 3.43. The van der Waals surface area contributed by atoms with Gasteiger partial charge in [-0.05, 0) is 43.0 Å². The van der Waals surface area contributed by atoms with Crippen LogP contribution in [0.25, 0.3) is 0 Å². The SMILES string of the molecule is O=C(NCCc1cc(F)ccc1F)C1CCCC1. The number of hydrogen-bond donors (Lipinski definition) is 1. The molecule has 1 saturated carbocycles. The Kier molecular flexibility index (Phi) is 4.28. The maximum Gasteiger partial charge on any atom is 0.223 e. The van der Waals surface area contributed by atoms with Crippen LogP contribution < -0.4 is 5.32 Å². The van der Waals surface area contributed by atoms with Gasteiger partial charge in [0.1, 0.15) is 11.6 Å². The molecule has 1 aromatic carbocycles.